The van der Waals surface area contributed by atoms with Crippen molar-refractivity contribution in [1.29, 1.82) is 0 Å². The van der Waals surface area contributed by atoms with E-state index in [1.165, 1.54) is 31.2 Å². The van der Waals surface area contributed by atoms with Crippen LogP contribution in [0, 0.1) is 0 Å². The number of hydrogen-bond donors (Lipinski definition) is 1. The molecule has 0 aromatic heterocycles. The monoisotopic (exact) mass is 382 g/mol. The highest BCUT2D eigenvalue weighted by Crippen LogP contribution is 2.25. The normalized spacial score (nSPS) is 16.0. The number of amides is 1. The Morgan fingerprint density at radius 3 is 2.29 bits per heavy atom. The van der Waals surface area contributed by atoms with E-state index in [1.54, 1.807) is 7.11 Å². The molecule has 0 aliphatic carbocycles. The van der Waals surface area contributed by atoms with Gasteiger partial charge in [-0.2, -0.15) is 0 Å². The van der Waals surface area contributed by atoms with Crippen molar-refractivity contribution in [1.82, 2.24) is 10.2 Å². The number of hydrogen-bond acceptors (Lipinski definition) is 4. The Morgan fingerprint density at radius 1 is 0.964 bits per heavy atom. The lowest BCUT2D eigenvalue weighted by molar-refractivity contribution is -0.123. The molecule has 150 valence electrons. The van der Waals surface area contributed by atoms with E-state index in [0.717, 1.165) is 18.8 Å². The van der Waals surface area contributed by atoms with Gasteiger partial charge in [-0.05, 0) is 55.8 Å². The third-order valence-corrected chi connectivity index (χ3v) is 5.19. The number of likely N-dealkylation sites (tertiary alicyclic amines) is 1. The SMILES string of the molecule is COc1ccc([C@H](CNC(=O)COc2ccccc2)N2CCCCCC2)cc1. The zero-order valence-corrected chi connectivity index (χ0v) is 16.6. The Hall–Kier alpha value is -2.53. The largest absolute Gasteiger partial charge is 0.497 e. The van der Waals surface area contributed by atoms with Crippen LogP contribution in [0.5, 0.6) is 11.5 Å². The highest BCUT2D eigenvalue weighted by Gasteiger charge is 2.22. The number of ether oxygens (including phenoxy) is 2. The van der Waals surface area contributed by atoms with Crippen molar-refractivity contribution < 1.29 is 14.3 Å². The molecule has 2 aromatic rings. The van der Waals surface area contributed by atoms with Crippen LogP contribution >= 0.6 is 0 Å². The molecule has 0 unspecified atom stereocenters. The number of methoxy groups -OCH3 is 1. The smallest absolute Gasteiger partial charge is 0.258 e. The highest BCUT2D eigenvalue weighted by atomic mass is 16.5. The standard InChI is InChI=1S/C23H30N2O3/c1-27-20-13-11-19(12-14-20)22(25-15-7-2-3-8-16-25)17-24-23(26)18-28-21-9-5-4-6-10-21/h4-6,9-14,22H,2-3,7-8,15-18H2,1H3,(H,24,26)/t22-/m0/s1. The van der Waals surface area contributed by atoms with E-state index < -0.39 is 0 Å². The van der Waals surface area contributed by atoms with Gasteiger partial charge in [-0.25, -0.2) is 0 Å². The average Bonchev–Trinajstić information content (AvgIpc) is 3.03. The quantitative estimate of drug-likeness (QED) is 0.754. The van der Waals surface area contributed by atoms with E-state index in [1.807, 2.05) is 42.5 Å². The number of benzene rings is 2. The molecule has 28 heavy (non-hydrogen) atoms. The third kappa shape index (κ3) is 5.99. The number of para-hydroxylation sites is 1. The molecule has 0 spiro atoms. The summed E-state index contributed by atoms with van der Waals surface area (Å²) in [6.45, 7) is 2.73. The summed E-state index contributed by atoms with van der Waals surface area (Å²) in [5.74, 6) is 1.45. The van der Waals surface area contributed by atoms with Crippen LogP contribution in [0.3, 0.4) is 0 Å². The molecule has 1 saturated heterocycles. The summed E-state index contributed by atoms with van der Waals surface area (Å²) in [6, 6.07) is 17.7. The summed E-state index contributed by atoms with van der Waals surface area (Å²) < 4.78 is 10.8. The van der Waals surface area contributed by atoms with Crippen LogP contribution in [-0.2, 0) is 4.79 Å². The van der Waals surface area contributed by atoms with Crippen LogP contribution in [0.2, 0.25) is 0 Å². The lowest BCUT2D eigenvalue weighted by atomic mass is 10.0. The first-order valence-corrected chi connectivity index (χ1v) is 10.1. The molecule has 0 bridgehead atoms. The number of nitrogens with zero attached hydrogens (tertiary/aromatic N) is 1. The summed E-state index contributed by atoms with van der Waals surface area (Å²) in [6.07, 6.45) is 4.97. The maximum Gasteiger partial charge on any atom is 0.258 e. The Morgan fingerprint density at radius 2 is 1.64 bits per heavy atom. The second kappa shape index (κ2) is 10.7. The van der Waals surface area contributed by atoms with Crippen LogP contribution in [0.4, 0.5) is 0 Å². The molecule has 0 saturated carbocycles. The van der Waals surface area contributed by atoms with E-state index in [0.29, 0.717) is 12.3 Å². The first-order valence-electron chi connectivity index (χ1n) is 10.1. The van der Waals surface area contributed by atoms with Gasteiger partial charge in [-0.15, -0.1) is 0 Å². The van der Waals surface area contributed by atoms with Crippen molar-refractivity contribution in [2.45, 2.75) is 31.7 Å². The van der Waals surface area contributed by atoms with Crippen LogP contribution in [0.1, 0.15) is 37.3 Å². The molecule has 1 aliphatic rings. The predicted octanol–water partition coefficient (Wildman–Crippen LogP) is 3.81. The van der Waals surface area contributed by atoms with E-state index in [9.17, 15) is 4.79 Å². The zero-order valence-electron chi connectivity index (χ0n) is 16.6. The summed E-state index contributed by atoms with van der Waals surface area (Å²) in [5, 5.41) is 3.06. The third-order valence-electron chi connectivity index (χ3n) is 5.19. The summed E-state index contributed by atoms with van der Waals surface area (Å²) in [5.41, 5.74) is 1.20. The van der Waals surface area contributed by atoms with Gasteiger partial charge in [0.25, 0.3) is 5.91 Å². The summed E-state index contributed by atoms with van der Waals surface area (Å²) >= 11 is 0. The van der Waals surface area contributed by atoms with Gasteiger partial charge in [-0.1, -0.05) is 43.2 Å². The van der Waals surface area contributed by atoms with Gasteiger partial charge >= 0.3 is 0 Å². The van der Waals surface area contributed by atoms with E-state index in [2.05, 4.69) is 22.3 Å². The topological polar surface area (TPSA) is 50.8 Å². The molecule has 2 aromatic carbocycles. The average molecular weight is 383 g/mol. The van der Waals surface area contributed by atoms with Crippen molar-refractivity contribution in [3.8, 4) is 11.5 Å². The van der Waals surface area contributed by atoms with E-state index in [4.69, 9.17) is 9.47 Å². The van der Waals surface area contributed by atoms with Crippen molar-refractivity contribution in [3.05, 3.63) is 60.2 Å². The Bertz CT molecular complexity index is 710. The molecule has 5 nitrogen and oxygen atoms in total. The number of carbonyl (C=O) groups is 1. The molecule has 1 atom stereocenters. The molecule has 1 aliphatic heterocycles. The fraction of sp³-hybridized carbons (Fsp3) is 0.435. The lowest BCUT2D eigenvalue weighted by Crippen LogP contribution is -2.40. The molecule has 1 N–H and O–H groups in total. The van der Waals surface area contributed by atoms with E-state index >= 15 is 0 Å². The van der Waals surface area contributed by atoms with Gasteiger partial charge in [0.05, 0.1) is 13.2 Å². The van der Waals surface area contributed by atoms with Gasteiger partial charge in [0.15, 0.2) is 6.61 Å². The minimum absolute atomic E-state index is 0.0271. The minimum atomic E-state index is -0.0998. The molecule has 1 heterocycles. The maximum atomic E-state index is 12.3. The van der Waals surface area contributed by atoms with Crippen molar-refractivity contribution >= 4 is 5.91 Å². The molecular formula is C23H30N2O3. The van der Waals surface area contributed by atoms with Gasteiger partial charge in [0.1, 0.15) is 11.5 Å². The van der Waals surface area contributed by atoms with Crippen molar-refractivity contribution in [2.75, 3.05) is 33.4 Å². The maximum absolute atomic E-state index is 12.3. The molecular weight excluding hydrogens is 352 g/mol. The first-order chi connectivity index (χ1) is 13.8. The summed E-state index contributed by atoms with van der Waals surface area (Å²) in [7, 11) is 1.67. The Labute approximate surface area is 167 Å². The fourth-order valence-corrected chi connectivity index (χ4v) is 3.62. The van der Waals surface area contributed by atoms with Gasteiger partial charge in [0.2, 0.25) is 0 Å². The van der Waals surface area contributed by atoms with Crippen LogP contribution in [0.25, 0.3) is 0 Å². The van der Waals surface area contributed by atoms with Crippen LogP contribution in [0.15, 0.2) is 54.6 Å². The first kappa shape index (κ1) is 20.2. The lowest BCUT2D eigenvalue weighted by Gasteiger charge is -2.31. The summed E-state index contributed by atoms with van der Waals surface area (Å²) in [4.78, 5) is 14.8. The Balaban J connectivity index is 1.61. The molecule has 3 rings (SSSR count). The van der Waals surface area contributed by atoms with Crippen molar-refractivity contribution in [3.63, 3.8) is 0 Å². The zero-order chi connectivity index (χ0) is 19.6. The fourth-order valence-electron chi connectivity index (χ4n) is 3.62. The van der Waals surface area contributed by atoms with E-state index in [-0.39, 0.29) is 18.6 Å². The molecule has 0 radical (unpaired) electrons. The Kier molecular flexibility index (Phi) is 7.73. The molecule has 1 fully saturated rings. The molecule has 1 amide bonds. The van der Waals surface area contributed by atoms with Gasteiger partial charge < -0.3 is 14.8 Å². The van der Waals surface area contributed by atoms with Crippen molar-refractivity contribution in [2.24, 2.45) is 0 Å². The van der Waals surface area contributed by atoms with Crippen LogP contribution < -0.4 is 14.8 Å². The number of carbonyl (C=O) groups excluding carboxylic acids is 1. The second-order valence-electron chi connectivity index (χ2n) is 7.14. The highest BCUT2D eigenvalue weighted by molar-refractivity contribution is 5.77. The minimum Gasteiger partial charge on any atom is -0.497 e. The predicted molar refractivity (Wildman–Crippen MR) is 111 cm³/mol. The van der Waals surface area contributed by atoms with Gasteiger partial charge in [0, 0.05) is 6.54 Å². The number of nitrogens with one attached hydrogen (secondary N) is 1. The van der Waals surface area contributed by atoms with Gasteiger partial charge in [-0.3, -0.25) is 9.69 Å². The molecule has 5 heteroatoms. The second-order valence-corrected chi connectivity index (χ2v) is 7.14. The van der Waals surface area contributed by atoms with Crippen LogP contribution in [-0.4, -0.2) is 44.2 Å². The number of rotatable bonds is 8.